The van der Waals surface area contributed by atoms with Crippen molar-refractivity contribution >= 4 is 17.8 Å². The van der Waals surface area contributed by atoms with Gasteiger partial charge in [0.1, 0.15) is 0 Å². The highest BCUT2D eigenvalue weighted by atomic mass is 16.5. The first-order valence-electron chi connectivity index (χ1n) is 13.1. The van der Waals surface area contributed by atoms with Crippen molar-refractivity contribution < 1.29 is 29.3 Å². The zero-order chi connectivity index (χ0) is 25.4. The summed E-state index contributed by atoms with van der Waals surface area (Å²) >= 11 is 0. The molecule has 0 spiro atoms. The van der Waals surface area contributed by atoms with E-state index in [0.29, 0.717) is 6.42 Å². The SMILES string of the molecule is CCCCCCCC/C=C\CCCCCCCC(=O)NCCN(CC(=O)O)C(OCC)C(=O)O. The van der Waals surface area contributed by atoms with E-state index in [-0.39, 0.29) is 25.6 Å². The summed E-state index contributed by atoms with van der Waals surface area (Å²) in [6.45, 7) is 3.82. The van der Waals surface area contributed by atoms with E-state index in [4.69, 9.17) is 9.84 Å². The van der Waals surface area contributed by atoms with Gasteiger partial charge in [-0.1, -0.05) is 70.4 Å². The van der Waals surface area contributed by atoms with Crippen LogP contribution >= 0.6 is 0 Å². The molecule has 8 heteroatoms. The van der Waals surface area contributed by atoms with Crippen LogP contribution < -0.4 is 5.32 Å². The molecule has 3 N–H and O–H groups in total. The van der Waals surface area contributed by atoms with E-state index in [2.05, 4.69) is 24.4 Å². The van der Waals surface area contributed by atoms with Gasteiger partial charge in [-0.15, -0.1) is 0 Å². The first-order chi connectivity index (χ1) is 16.4. The third-order valence-corrected chi connectivity index (χ3v) is 5.59. The number of ether oxygens (including phenoxy) is 1. The van der Waals surface area contributed by atoms with Gasteiger partial charge in [-0.2, -0.15) is 0 Å². The van der Waals surface area contributed by atoms with Gasteiger partial charge < -0.3 is 20.3 Å². The van der Waals surface area contributed by atoms with E-state index >= 15 is 0 Å². The quantitative estimate of drug-likeness (QED) is 0.101. The molecule has 0 bridgehead atoms. The van der Waals surface area contributed by atoms with Gasteiger partial charge in [-0.25, -0.2) is 4.79 Å². The number of hydrogen-bond donors (Lipinski definition) is 3. The van der Waals surface area contributed by atoms with E-state index in [1.165, 1.54) is 62.7 Å². The third kappa shape index (κ3) is 19.5. The van der Waals surface area contributed by atoms with Gasteiger partial charge in [0.15, 0.2) is 0 Å². The van der Waals surface area contributed by atoms with Gasteiger partial charge in [0.2, 0.25) is 12.1 Å². The van der Waals surface area contributed by atoms with Crippen molar-refractivity contribution in [1.29, 1.82) is 0 Å². The number of rotatable bonds is 24. The van der Waals surface area contributed by atoms with Crippen molar-refractivity contribution in [2.45, 2.75) is 110 Å². The van der Waals surface area contributed by atoms with Gasteiger partial charge in [-0.05, 0) is 39.0 Å². The first kappa shape index (κ1) is 32.1. The Morgan fingerprint density at radius 3 is 1.94 bits per heavy atom. The van der Waals surface area contributed by atoms with Crippen LogP contribution in [0, 0.1) is 0 Å². The summed E-state index contributed by atoms with van der Waals surface area (Å²) in [5, 5.41) is 21.0. The van der Waals surface area contributed by atoms with Crippen LogP contribution in [0.5, 0.6) is 0 Å². The highest BCUT2D eigenvalue weighted by molar-refractivity contribution is 5.76. The van der Waals surface area contributed by atoms with E-state index in [1.54, 1.807) is 6.92 Å². The van der Waals surface area contributed by atoms with Crippen molar-refractivity contribution in [2.75, 3.05) is 26.2 Å². The Hall–Kier alpha value is -1.93. The summed E-state index contributed by atoms with van der Waals surface area (Å²) in [5.41, 5.74) is 0. The Morgan fingerprint density at radius 2 is 1.41 bits per heavy atom. The van der Waals surface area contributed by atoms with Gasteiger partial charge >= 0.3 is 11.9 Å². The maximum absolute atomic E-state index is 12.0. The second-order valence-corrected chi connectivity index (χ2v) is 8.69. The molecule has 0 aliphatic rings. The fourth-order valence-corrected chi connectivity index (χ4v) is 3.73. The summed E-state index contributed by atoms with van der Waals surface area (Å²) in [5.74, 6) is -2.50. The Morgan fingerprint density at radius 1 is 0.853 bits per heavy atom. The number of hydrogen-bond acceptors (Lipinski definition) is 5. The number of amides is 1. The van der Waals surface area contributed by atoms with E-state index in [9.17, 15) is 19.5 Å². The predicted octanol–water partition coefficient (Wildman–Crippen LogP) is 4.97. The highest BCUT2D eigenvalue weighted by Crippen LogP contribution is 2.10. The minimum absolute atomic E-state index is 0.0847. The fraction of sp³-hybridized carbons (Fsp3) is 0.808. The largest absolute Gasteiger partial charge is 0.480 e. The van der Waals surface area contributed by atoms with Gasteiger partial charge in [0, 0.05) is 26.1 Å². The Labute approximate surface area is 206 Å². The molecule has 0 fully saturated rings. The monoisotopic (exact) mass is 484 g/mol. The van der Waals surface area contributed by atoms with Crippen LogP contribution in [0.2, 0.25) is 0 Å². The van der Waals surface area contributed by atoms with Gasteiger partial charge in [0.05, 0.1) is 6.54 Å². The molecule has 0 aromatic heterocycles. The van der Waals surface area contributed by atoms with Crippen molar-refractivity contribution in [1.82, 2.24) is 10.2 Å². The second kappa shape index (κ2) is 22.8. The number of nitrogens with zero attached hydrogens (tertiary/aromatic N) is 1. The molecule has 1 amide bonds. The van der Waals surface area contributed by atoms with Crippen LogP contribution in [0.25, 0.3) is 0 Å². The summed E-state index contributed by atoms with van der Waals surface area (Å²) < 4.78 is 5.13. The van der Waals surface area contributed by atoms with Gasteiger partial charge in [-0.3, -0.25) is 14.5 Å². The zero-order valence-corrected chi connectivity index (χ0v) is 21.4. The van der Waals surface area contributed by atoms with E-state index in [1.807, 2.05) is 0 Å². The molecule has 198 valence electrons. The number of nitrogens with one attached hydrogen (secondary N) is 1. The lowest BCUT2D eigenvalue weighted by Gasteiger charge is -2.26. The zero-order valence-electron chi connectivity index (χ0n) is 21.4. The molecule has 0 rings (SSSR count). The molecule has 0 aliphatic heterocycles. The first-order valence-corrected chi connectivity index (χ1v) is 13.1. The van der Waals surface area contributed by atoms with Crippen molar-refractivity contribution in [2.24, 2.45) is 0 Å². The number of carbonyl (C=O) groups excluding carboxylic acids is 1. The molecule has 1 unspecified atom stereocenters. The van der Waals surface area contributed by atoms with Crippen molar-refractivity contribution in [3.63, 3.8) is 0 Å². The summed E-state index contributed by atoms with van der Waals surface area (Å²) in [4.78, 5) is 35.6. The Kier molecular flexibility index (Phi) is 21.5. The second-order valence-electron chi connectivity index (χ2n) is 8.69. The number of aliphatic carboxylic acids is 2. The molecule has 8 nitrogen and oxygen atoms in total. The number of carboxylic acid groups (broad SMARTS) is 2. The topological polar surface area (TPSA) is 116 Å². The molecule has 1 atom stereocenters. The molecule has 0 aromatic rings. The summed E-state index contributed by atoms with van der Waals surface area (Å²) in [7, 11) is 0. The molecule has 0 saturated heterocycles. The molecule has 0 aliphatic carbocycles. The average molecular weight is 485 g/mol. The van der Waals surface area contributed by atoms with E-state index in [0.717, 1.165) is 25.7 Å². The minimum atomic E-state index is -1.34. The fourth-order valence-electron chi connectivity index (χ4n) is 3.73. The van der Waals surface area contributed by atoms with Crippen LogP contribution in [0.15, 0.2) is 12.2 Å². The standard InChI is InChI=1S/C26H48N2O6/c1-3-5-6-7-8-9-10-11-12-13-14-15-16-17-18-19-23(29)27-20-21-28(22-24(30)31)25(26(32)33)34-4-2/h11-12,25H,3-10,13-22H2,1-2H3,(H,27,29)(H,30,31)(H,32,33)/b12-11-. The molecule has 0 aromatic carbocycles. The molecule has 0 heterocycles. The average Bonchev–Trinajstić information content (AvgIpc) is 2.79. The number of unbranched alkanes of at least 4 members (excludes halogenated alkanes) is 11. The van der Waals surface area contributed by atoms with Crippen LogP contribution in [-0.2, 0) is 19.1 Å². The molecule has 34 heavy (non-hydrogen) atoms. The summed E-state index contributed by atoms with van der Waals surface area (Å²) in [6, 6.07) is 0. The molecular formula is C26H48N2O6. The lowest BCUT2D eigenvalue weighted by Crippen LogP contribution is -2.48. The van der Waals surface area contributed by atoms with Crippen LogP contribution in [-0.4, -0.2) is 65.4 Å². The molecule has 0 saturated carbocycles. The highest BCUT2D eigenvalue weighted by Gasteiger charge is 2.27. The minimum Gasteiger partial charge on any atom is -0.480 e. The lowest BCUT2D eigenvalue weighted by atomic mass is 10.1. The summed E-state index contributed by atoms with van der Waals surface area (Å²) in [6.07, 6.45) is 19.3. The lowest BCUT2D eigenvalue weighted by molar-refractivity contribution is -0.166. The Balaban J connectivity index is 3.78. The predicted molar refractivity (Wildman–Crippen MR) is 135 cm³/mol. The third-order valence-electron chi connectivity index (χ3n) is 5.59. The van der Waals surface area contributed by atoms with Crippen molar-refractivity contribution in [3.05, 3.63) is 12.2 Å². The number of carbonyl (C=O) groups is 3. The smallest absolute Gasteiger partial charge is 0.348 e. The maximum Gasteiger partial charge on any atom is 0.348 e. The molecule has 0 radical (unpaired) electrons. The normalized spacial score (nSPS) is 12.3. The van der Waals surface area contributed by atoms with Crippen LogP contribution in [0.3, 0.4) is 0 Å². The van der Waals surface area contributed by atoms with Crippen LogP contribution in [0.1, 0.15) is 104 Å². The van der Waals surface area contributed by atoms with Crippen LogP contribution in [0.4, 0.5) is 0 Å². The maximum atomic E-state index is 12.0. The number of allylic oxidation sites excluding steroid dienone is 2. The van der Waals surface area contributed by atoms with Crippen molar-refractivity contribution in [3.8, 4) is 0 Å². The Bertz CT molecular complexity index is 567. The number of carboxylic acids is 2. The molecular weight excluding hydrogens is 436 g/mol. The van der Waals surface area contributed by atoms with E-state index < -0.39 is 24.7 Å². The van der Waals surface area contributed by atoms with Gasteiger partial charge in [0.25, 0.3) is 0 Å².